The summed E-state index contributed by atoms with van der Waals surface area (Å²) in [5.74, 6) is -0.602. The van der Waals surface area contributed by atoms with Crippen LogP contribution in [0.1, 0.15) is 233 Å². The molecule has 2 N–H and O–H groups in total. The number of ether oxygens (including phenoxy) is 1. The van der Waals surface area contributed by atoms with Gasteiger partial charge in [-0.3, -0.25) is 18.6 Å². The summed E-state index contributed by atoms with van der Waals surface area (Å²) in [5, 5.41) is 2.99. The van der Waals surface area contributed by atoms with E-state index in [-0.39, 0.29) is 37.9 Å². The molecule has 0 spiro atoms. The maximum Gasteiger partial charge on any atom is 0.472 e. The second-order valence-corrected chi connectivity index (χ2v) is 20.5. The molecule has 0 aliphatic carbocycles. The first kappa shape index (κ1) is 62.0. The number of carbonyl (C=O) groups excluding carboxylic acids is 2. The summed E-state index contributed by atoms with van der Waals surface area (Å²) >= 11 is 0. The van der Waals surface area contributed by atoms with E-state index in [0.29, 0.717) is 23.9 Å². The Morgan fingerprint density at radius 2 is 0.969 bits per heavy atom. The number of nitrogens with one attached hydrogen (secondary N) is 1. The van der Waals surface area contributed by atoms with E-state index in [4.69, 9.17) is 13.8 Å². The smallest absolute Gasteiger partial charge is 0.456 e. The number of quaternary nitrogens is 1. The van der Waals surface area contributed by atoms with Crippen molar-refractivity contribution < 1.29 is 37.3 Å². The van der Waals surface area contributed by atoms with Crippen molar-refractivity contribution in [3.63, 3.8) is 0 Å². The van der Waals surface area contributed by atoms with Crippen LogP contribution in [-0.4, -0.2) is 74.3 Å². The summed E-state index contributed by atoms with van der Waals surface area (Å²) in [7, 11) is 1.46. The average molecular weight is 922 g/mol. The van der Waals surface area contributed by atoms with Gasteiger partial charge in [-0.1, -0.05) is 192 Å². The maximum atomic E-state index is 13.4. The second kappa shape index (κ2) is 44.8. The lowest BCUT2D eigenvalue weighted by molar-refractivity contribution is -0.870. The number of nitrogens with zero attached hydrogens (tertiary/aromatic N) is 1. The van der Waals surface area contributed by atoms with E-state index in [1.165, 1.54) is 128 Å². The zero-order chi connectivity index (χ0) is 47.3. The molecule has 10 heteroatoms. The number of hydrogen-bond donors (Lipinski definition) is 2. The van der Waals surface area contributed by atoms with Crippen LogP contribution >= 0.6 is 7.82 Å². The molecule has 3 atom stereocenters. The van der Waals surface area contributed by atoms with Crippen molar-refractivity contribution >= 4 is 19.7 Å². The Labute approximate surface area is 395 Å². The zero-order valence-electron chi connectivity index (χ0n) is 42.5. The van der Waals surface area contributed by atoms with Crippen molar-refractivity contribution in [2.45, 2.75) is 245 Å². The van der Waals surface area contributed by atoms with Crippen molar-refractivity contribution in [3.05, 3.63) is 48.6 Å². The standard InChI is InChI=1S/C54H101N2O7P/c1-7-10-13-16-19-22-25-28-31-34-37-40-43-46-53(57)55-51(50-62-64(59,60)61-49-48-56(4,5)6)52(45-42-39-36-33-30-27-24-21-18-15-12-9-3)63-54(58)47-44-41-38-35-32-29-26-23-20-17-14-11-8-2/h28-29,31-32,37,40,42,45,51-52H,7-27,30,33-36,38-39,41,43-44,46-50H2,1-6H3,(H-,55,57,59,60)/p+1/b31-28-,32-29-,40-37+,45-42+. The van der Waals surface area contributed by atoms with Gasteiger partial charge in [0.2, 0.25) is 5.91 Å². The van der Waals surface area contributed by atoms with Gasteiger partial charge < -0.3 is 19.4 Å². The highest BCUT2D eigenvalue weighted by Crippen LogP contribution is 2.43. The molecular formula is C54H102N2O7P+. The van der Waals surface area contributed by atoms with E-state index in [1.807, 2.05) is 39.4 Å². The molecule has 0 aliphatic heterocycles. The summed E-state index contributed by atoms with van der Waals surface area (Å²) in [5.41, 5.74) is 0. The summed E-state index contributed by atoms with van der Waals surface area (Å²) in [4.78, 5) is 37.3. The van der Waals surface area contributed by atoms with Crippen LogP contribution in [-0.2, 0) is 27.9 Å². The number of likely N-dealkylation sites (N-methyl/N-ethyl adjacent to an activating group) is 1. The molecule has 374 valence electrons. The third-order valence-corrected chi connectivity index (χ3v) is 12.5. The number of allylic oxidation sites excluding steroid dienone is 7. The average Bonchev–Trinajstić information content (AvgIpc) is 3.25. The normalized spacial score (nSPS) is 14.3. The van der Waals surface area contributed by atoms with Crippen molar-refractivity contribution in [1.29, 1.82) is 0 Å². The van der Waals surface area contributed by atoms with Crippen LogP contribution in [0.3, 0.4) is 0 Å². The second-order valence-electron chi connectivity index (χ2n) is 19.0. The van der Waals surface area contributed by atoms with Gasteiger partial charge in [-0.25, -0.2) is 4.57 Å². The lowest BCUT2D eigenvalue weighted by atomic mass is 10.1. The van der Waals surface area contributed by atoms with E-state index in [9.17, 15) is 19.0 Å². The van der Waals surface area contributed by atoms with Gasteiger partial charge >= 0.3 is 13.8 Å². The van der Waals surface area contributed by atoms with Crippen LogP contribution in [0.5, 0.6) is 0 Å². The molecule has 1 amide bonds. The van der Waals surface area contributed by atoms with E-state index in [2.05, 4.69) is 56.5 Å². The largest absolute Gasteiger partial charge is 0.472 e. The van der Waals surface area contributed by atoms with Gasteiger partial charge in [-0.05, 0) is 76.7 Å². The van der Waals surface area contributed by atoms with Crippen LogP contribution in [0.4, 0.5) is 0 Å². The van der Waals surface area contributed by atoms with Crippen molar-refractivity contribution in [1.82, 2.24) is 5.32 Å². The highest BCUT2D eigenvalue weighted by molar-refractivity contribution is 7.47. The van der Waals surface area contributed by atoms with E-state index >= 15 is 0 Å². The number of unbranched alkanes of at least 4 members (excludes halogenated alkanes) is 25. The highest BCUT2D eigenvalue weighted by atomic mass is 31.2. The minimum Gasteiger partial charge on any atom is -0.456 e. The fourth-order valence-corrected chi connectivity index (χ4v) is 8.07. The van der Waals surface area contributed by atoms with Crippen LogP contribution < -0.4 is 5.32 Å². The lowest BCUT2D eigenvalue weighted by Gasteiger charge is -2.27. The fraction of sp³-hybridized carbons (Fsp3) is 0.815. The molecule has 0 fully saturated rings. The third-order valence-electron chi connectivity index (χ3n) is 11.5. The number of carbonyl (C=O) groups is 2. The van der Waals surface area contributed by atoms with Gasteiger partial charge in [-0.2, -0.15) is 0 Å². The minimum atomic E-state index is -4.45. The number of amides is 1. The van der Waals surface area contributed by atoms with E-state index < -0.39 is 20.0 Å². The molecule has 0 rings (SSSR count). The lowest BCUT2D eigenvalue weighted by Crippen LogP contribution is -2.47. The molecule has 0 aromatic heterocycles. The summed E-state index contributed by atoms with van der Waals surface area (Å²) in [6.45, 7) is 6.92. The molecule has 0 radical (unpaired) electrons. The Bertz CT molecular complexity index is 1240. The fourth-order valence-electron chi connectivity index (χ4n) is 7.34. The predicted molar refractivity (Wildman–Crippen MR) is 272 cm³/mol. The molecule has 0 saturated carbocycles. The maximum absolute atomic E-state index is 13.4. The Kier molecular flexibility index (Phi) is 43.4. The predicted octanol–water partition coefficient (Wildman–Crippen LogP) is 15.4. The van der Waals surface area contributed by atoms with E-state index in [0.717, 1.165) is 57.8 Å². The van der Waals surface area contributed by atoms with Gasteiger partial charge in [0.1, 0.15) is 19.3 Å². The van der Waals surface area contributed by atoms with Gasteiger partial charge in [0.25, 0.3) is 0 Å². The number of phosphoric acid groups is 1. The number of rotatable bonds is 47. The van der Waals surface area contributed by atoms with Crippen molar-refractivity contribution in [2.24, 2.45) is 0 Å². The molecule has 0 bridgehead atoms. The van der Waals surface area contributed by atoms with Crippen molar-refractivity contribution in [3.8, 4) is 0 Å². The first-order valence-corrected chi connectivity index (χ1v) is 28.0. The summed E-state index contributed by atoms with van der Waals surface area (Å²) in [6, 6.07) is -0.881. The molecule has 0 aromatic carbocycles. The third kappa shape index (κ3) is 45.1. The molecule has 3 unspecified atom stereocenters. The number of hydrogen-bond acceptors (Lipinski definition) is 6. The Morgan fingerprint density at radius 1 is 0.547 bits per heavy atom. The Morgan fingerprint density at radius 3 is 1.45 bits per heavy atom. The van der Waals surface area contributed by atoms with Gasteiger partial charge in [0, 0.05) is 12.8 Å². The molecular weight excluding hydrogens is 820 g/mol. The van der Waals surface area contributed by atoms with Crippen LogP contribution in [0.15, 0.2) is 48.6 Å². The Hall–Kier alpha value is -2.03. The van der Waals surface area contributed by atoms with Gasteiger partial charge in [-0.15, -0.1) is 0 Å². The van der Waals surface area contributed by atoms with Gasteiger partial charge in [0.05, 0.1) is 33.8 Å². The first-order chi connectivity index (χ1) is 30.9. The topological polar surface area (TPSA) is 111 Å². The quantitative estimate of drug-likeness (QED) is 0.0206. The first-order valence-electron chi connectivity index (χ1n) is 26.5. The summed E-state index contributed by atoms with van der Waals surface area (Å²) in [6.07, 6.45) is 52.6. The van der Waals surface area contributed by atoms with E-state index in [1.54, 1.807) is 0 Å². The van der Waals surface area contributed by atoms with Crippen molar-refractivity contribution in [2.75, 3.05) is 40.9 Å². The minimum absolute atomic E-state index is 0.0287. The Balaban J connectivity index is 5.53. The number of phosphoric ester groups is 1. The monoisotopic (exact) mass is 922 g/mol. The summed E-state index contributed by atoms with van der Waals surface area (Å²) < 4.78 is 30.4. The number of esters is 1. The SMILES string of the molecule is CCCCCCCC/C=C\C/C=C/CCC(=O)NC(COP(=O)(O)OCC[N+](C)(C)C)C(/C=C/CCCCCCCCCCCC)OC(=O)CCCCC/C=C\CCCCCCCC. The molecule has 0 aliphatic rings. The zero-order valence-corrected chi connectivity index (χ0v) is 43.4. The van der Waals surface area contributed by atoms with Crippen LogP contribution in [0.25, 0.3) is 0 Å². The molecule has 0 saturated heterocycles. The molecule has 9 nitrogen and oxygen atoms in total. The van der Waals surface area contributed by atoms with Gasteiger partial charge in [0.15, 0.2) is 0 Å². The van der Waals surface area contributed by atoms with Crippen LogP contribution in [0.2, 0.25) is 0 Å². The highest BCUT2D eigenvalue weighted by Gasteiger charge is 2.30. The molecule has 0 aromatic rings. The van der Waals surface area contributed by atoms with Crippen LogP contribution in [0, 0.1) is 0 Å². The molecule has 64 heavy (non-hydrogen) atoms. The molecule has 0 heterocycles.